The lowest BCUT2D eigenvalue weighted by Gasteiger charge is -2.57. The molecular weight excluding hydrogens is 248 g/mol. The summed E-state index contributed by atoms with van der Waals surface area (Å²) in [6, 6.07) is 0. The number of fused-ring (bicyclic) bond motifs is 1. The number of ether oxygens (including phenoxy) is 1. The number of rotatable bonds is 2. The number of aliphatic hydroxyl groups is 1. The van der Waals surface area contributed by atoms with Crippen molar-refractivity contribution in [1.82, 2.24) is 0 Å². The van der Waals surface area contributed by atoms with Gasteiger partial charge in [0.05, 0.1) is 12.2 Å². The number of methoxy groups -OCH3 is 1. The predicted octanol–water partition coefficient (Wildman–Crippen LogP) is 3.77. The number of hydrogen-bond donors (Lipinski definition) is 1. The summed E-state index contributed by atoms with van der Waals surface area (Å²) in [7, 11) is 1.77. The second kappa shape index (κ2) is 3.81. The molecule has 4 aliphatic rings. The van der Waals surface area contributed by atoms with Crippen molar-refractivity contribution in [2.75, 3.05) is 13.7 Å². The van der Waals surface area contributed by atoms with Gasteiger partial charge in [0.15, 0.2) is 0 Å². The SMILES string of the molecule is COC[C@@]1(O)C2(CCCC2)[C@@H]2C[C@H]3CCC[C@]2(C)[C@]31C. The van der Waals surface area contributed by atoms with Crippen molar-refractivity contribution in [2.24, 2.45) is 28.1 Å². The molecule has 4 fully saturated rings. The minimum Gasteiger partial charge on any atom is -0.386 e. The molecule has 0 heterocycles. The van der Waals surface area contributed by atoms with Gasteiger partial charge in [0.25, 0.3) is 0 Å². The molecule has 2 heteroatoms. The van der Waals surface area contributed by atoms with Crippen molar-refractivity contribution < 1.29 is 9.84 Å². The molecule has 114 valence electrons. The van der Waals surface area contributed by atoms with Crippen molar-refractivity contribution >= 4 is 0 Å². The maximum atomic E-state index is 11.9. The van der Waals surface area contributed by atoms with Gasteiger partial charge in [-0.05, 0) is 49.4 Å². The van der Waals surface area contributed by atoms with E-state index in [1.54, 1.807) is 7.11 Å². The lowest BCUT2D eigenvalue weighted by Crippen LogP contribution is -2.62. The summed E-state index contributed by atoms with van der Waals surface area (Å²) in [5, 5.41) is 11.9. The second-order valence-electron chi connectivity index (χ2n) is 8.65. The van der Waals surface area contributed by atoms with Crippen LogP contribution in [0.25, 0.3) is 0 Å². The minimum atomic E-state index is -0.589. The van der Waals surface area contributed by atoms with E-state index in [4.69, 9.17) is 4.74 Å². The maximum absolute atomic E-state index is 11.9. The van der Waals surface area contributed by atoms with E-state index < -0.39 is 5.60 Å². The highest BCUT2D eigenvalue weighted by Crippen LogP contribution is 2.84. The summed E-state index contributed by atoms with van der Waals surface area (Å²) in [6.07, 6.45) is 10.5. The molecule has 20 heavy (non-hydrogen) atoms. The molecule has 4 saturated carbocycles. The first-order valence-electron chi connectivity index (χ1n) is 8.68. The maximum Gasteiger partial charge on any atom is 0.0999 e. The minimum absolute atomic E-state index is 0.0727. The molecule has 0 radical (unpaired) electrons. The molecule has 0 aromatic carbocycles. The smallest absolute Gasteiger partial charge is 0.0999 e. The Bertz CT molecular complexity index is 427. The molecule has 0 aliphatic heterocycles. The second-order valence-corrected chi connectivity index (χ2v) is 8.65. The van der Waals surface area contributed by atoms with Crippen LogP contribution >= 0.6 is 0 Å². The average molecular weight is 278 g/mol. The average Bonchev–Trinajstić information content (AvgIpc) is 2.94. The first-order valence-corrected chi connectivity index (χ1v) is 8.68. The highest BCUT2D eigenvalue weighted by molar-refractivity contribution is 5.31. The largest absolute Gasteiger partial charge is 0.386 e. The summed E-state index contributed by atoms with van der Waals surface area (Å²) in [5.74, 6) is 1.45. The first kappa shape index (κ1) is 13.6. The molecule has 5 atom stereocenters. The van der Waals surface area contributed by atoms with E-state index >= 15 is 0 Å². The molecule has 4 bridgehead atoms. The van der Waals surface area contributed by atoms with Gasteiger partial charge in [-0.1, -0.05) is 33.1 Å². The lowest BCUT2D eigenvalue weighted by molar-refractivity contribution is -0.214. The Labute approximate surface area is 123 Å². The van der Waals surface area contributed by atoms with Crippen molar-refractivity contribution in [3.8, 4) is 0 Å². The molecule has 2 nitrogen and oxygen atoms in total. The van der Waals surface area contributed by atoms with Gasteiger partial charge in [-0.25, -0.2) is 0 Å². The fourth-order valence-corrected chi connectivity index (χ4v) is 7.89. The molecule has 4 aliphatic carbocycles. The Morgan fingerprint density at radius 1 is 1.10 bits per heavy atom. The zero-order valence-corrected chi connectivity index (χ0v) is 13.4. The van der Waals surface area contributed by atoms with Crippen LogP contribution in [-0.2, 0) is 4.74 Å². The van der Waals surface area contributed by atoms with Gasteiger partial charge in [0.1, 0.15) is 0 Å². The van der Waals surface area contributed by atoms with Crippen molar-refractivity contribution in [2.45, 2.75) is 70.8 Å². The monoisotopic (exact) mass is 278 g/mol. The Hall–Kier alpha value is -0.0800. The van der Waals surface area contributed by atoms with E-state index in [1.165, 1.54) is 51.4 Å². The van der Waals surface area contributed by atoms with Crippen LogP contribution in [0.4, 0.5) is 0 Å². The molecule has 1 N–H and O–H groups in total. The summed E-state index contributed by atoms with van der Waals surface area (Å²) in [6.45, 7) is 5.47. The van der Waals surface area contributed by atoms with Crippen LogP contribution in [0.2, 0.25) is 0 Å². The van der Waals surface area contributed by atoms with Crippen LogP contribution in [0.1, 0.15) is 65.2 Å². The fourth-order valence-electron chi connectivity index (χ4n) is 7.89. The molecule has 0 aromatic heterocycles. The highest BCUT2D eigenvalue weighted by atomic mass is 16.5. The predicted molar refractivity (Wildman–Crippen MR) is 79.4 cm³/mol. The van der Waals surface area contributed by atoms with E-state index in [9.17, 15) is 5.11 Å². The van der Waals surface area contributed by atoms with E-state index in [0.717, 1.165) is 11.8 Å². The third-order valence-corrected chi connectivity index (χ3v) is 8.74. The summed E-state index contributed by atoms with van der Waals surface area (Å²) in [4.78, 5) is 0. The van der Waals surface area contributed by atoms with Gasteiger partial charge in [0, 0.05) is 17.9 Å². The van der Waals surface area contributed by atoms with Crippen molar-refractivity contribution in [3.05, 3.63) is 0 Å². The lowest BCUT2D eigenvalue weighted by atomic mass is 9.51. The van der Waals surface area contributed by atoms with E-state index in [2.05, 4.69) is 13.8 Å². The molecule has 0 amide bonds. The normalized spacial score (nSPS) is 55.8. The first-order chi connectivity index (χ1) is 9.46. The zero-order chi connectivity index (χ0) is 14.2. The van der Waals surface area contributed by atoms with Crippen LogP contribution < -0.4 is 0 Å². The van der Waals surface area contributed by atoms with Gasteiger partial charge in [-0.2, -0.15) is 0 Å². The van der Waals surface area contributed by atoms with E-state index in [0.29, 0.717) is 12.0 Å². The van der Waals surface area contributed by atoms with Crippen LogP contribution in [0.5, 0.6) is 0 Å². The van der Waals surface area contributed by atoms with Gasteiger partial charge < -0.3 is 9.84 Å². The van der Waals surface area contributed by atoms with Crippen molar-refractivity contribution in [1.29, 1.82) is 0 Å². The summed E-state index contributed by atoms with van der Waals surface area (Å²) < 4.78 is 5.59. The van der Waals surface area contributed by atoms with Crippen LogP contribution in [0, 0.1) is 28.1 Å². The Balaban J connectivity index is 1.92. The third kappa shape index (κ3) is 1.08. The quantitative estimate of drug-likeness (QED) is 0.833. The fraction of sp³-hybridized carbons (Fsp3) is 1.00. The van der Waals surface area contributed by atoms with Gasteiger partial charge in [-0.3, -0.25) is 0 Å². The van der Waals surface area contributed by atoms with Gasteiger partial charge in [0.2, 0.25) is 0 Å². The van der Waals surface area contributed by atoms with Gasteiger partial charge in [-0.15, -0.1) is 0 Å². The van der Waals surface area contributed by atoms with E-state index in [1.807, 2.05) is 0 Å². The van der Waals surface area contributed by atoms with Crippen LogP contribution in [-0.4, -0.2) is 24.4 Å². The summed E-state index contributed by atoms with van der Waals surface area (Å²) in [5.41, 5.74) is -0.0157. The van der Waals surface area contributed by atoms with Crippen LogP contribution in [0.3, 0.4) is 0 Å². The molecule has 1 spiro atoms. The van der Waals surface area contributed by atoms with E-state index in [-0.39, 0.29) is 10.8 Å². The van der Waals surface area contributed by atoms with Crippen LogP contribution in [0.15, 0.2) is 0 Å². The molecule has 0 aromatic rings. The topological polar surface area (TPSA) is 29.5 Å². The molecular formula is C18H30O2. The molecule has 4 rings (SSSR count). The standard InChI is InChI=1S/C18H30O2/c1-15-8-6-7-13-11-14(15)17(9-4-5-10-17)18(19,12-20-3)16(13,15)2/h13-14,19H,4-12H2,1-3H3/t13-,14-,15+,16+,18+/m1/s1. The highest BCUT2D eigenvalue weighted by Gasteiger charge is 2.83. The molecule has 0 saturated heterocycles. The molecule has 0 unspecified atom stereocenters. The Morgan fingerprint density at radius 2 is 1.80 bits per heavy atom. The number of hydrogen-bond acceptors (Lipinski definition) is 2. The Morgan fingerprint density at radius 3 is 2.45 bits per heavy atom. The summed E-state index contributed by atoms with van der Waals surface area (Å²) >= 11 is 0. The van der Waals surface area contributed by atoms with Crippen molar-refractivity contribution in [3.63, 3.8) is 0 Å². The third-order valence-electron chi connectivity index (χ3n) is 8.74. The Kier molecular flexibility index (Phi) is 2.59. The zero-order valence-electron chi connectivity index (χ0n) is 13.4. The van der Waals surface area contributed by atoms with Gasteiger partial charge >= 0.3 is 0 Å².